The summed E-state index contributed by atoms with van der Waals surface area (Å²) in [5.41, 5.74) is 7.98. The van der Waals surface area contributed by atoms with Crippen LogP contribution in [0.4, 0.5) is 11.4 Å². The Morgan fingerprint density at radius 2 is 1.81 bits per heavy atom. The molecule has 0 saturated heterocycles. The molecule has 2 amide bonds. The largest absolute Gasteiger partial charge is 0.312 e. The number of hydrogen-bond acceptors (Lipinski definition) is 3. The third-order valence-electron chi connectivity index (χ3n) is 4.15. The highest BCUT2D eigenvalue weighted by molar-refractivity contribution is 6.41. The molecule has 0 unspecified atom stereocenters. The molecule has 3 rings (SSSR count). The van der Waals surface area contributed by atoms with Crippen LogP contribution in [0.15, 0.2) is 30.3 Å². The Labute approximate surface area is 166 Å². The maximum absolute atomic E-state index is 12.4. The van der Waals surface area contributed by atoms with Crippen LogP contribution < -0.4 is 15.8 Å². The molecule has 0 fully saturated rings. The molecule has 0 atom stereocenters. The predicted molar refractivity (Wildman–Crippen MR) is 105 cm³/mol. The summed E-state index contributed by atoms with van der Waals surface area (Å²) in [6.07, 6.45) is 1.18. The molecule has 5 nitrogen and oxygen atoms in total. The van der Waals surface area contributed by atoms with Gasteiger partial charge in [0.05, 0.1) is 15.7 Å². The van der Waals surface area contributed by atoms with Crippen LogP contribution in [0.3, 0.4) is 0 Å². The minimum Gasteiger partial charge on any atom is -0.312 e. The lowest BCUT2D eigenvalue weighted by molar-refractivity contribution is -0.118. The van der Waals surface area contributed by atoms with E-state index in [0.717, 1.165) is 17.7 Å². The molecule has 0 bridgehead atoms. The maximum Gasteiger partial charge on any atom is 0.269 e. The third kappa shape index (κ3) is 3.75. The van der Waals surface area contributed by atoms with Gasteiger partial charge in [-0.3, -0.25) is 20.4 Å². The van der Waals surface area contributed by atoms with Gasteiger partial charge in [0.15, 0.2) is 0 Å². The number of nitrogens with one attached hydrogen (secondary N) is 2. The van der Waals surface area contributed by atoms with E-state index in [1.165, 1.54) is 12.1 Å². The van der Waals surface area contributed by atoms with Gasteiger partial charge in [0.25, 0.3) is 5.91 Å². The van der Waals surface area contributed by atoms with Crippen molar-refractivity contribution in [1.82, 2.24) is 5.43 Å². The molecule has 136 valence electrons. The second-order valence-corrected chi connectivity index (χ2v) is 7.07. The number of carbonyl (C=O) groups is 2. The van der Waals surface area contributed by atoms with Crippen molar-refractivity contribution in [3.8, 4) is 0 Å². The number of anilines is 2. The summed E-state index contributed by atoms with van der Waals surface area (Å²) in [6.45, 7) is 2.47. The summed E-state index contributed by atoms with van der Waals surface area (Å²) in [5, 5.41) is 0.998. The highest BCUT2D eigenvalue weighted by Crippen LogP contribution is 2.33. The van der Waals surface area contributed by atoms with E-state index in [9.17, 15) is 9.59 Å². The van der Waals surface area contributed by atoms with Crippen molar-refractivity contribution in [2.24, 2.45) is 0 Å². The highest BCUT2D eigenvalue weighted by atomic mass is 35.5. The maximum atomic E-state index is 12.4. The van der Waals surface area contributed by atoms with Gasteiger partial charge in [-0.25, -0.2) is 0 Å². The SMILES string of the molecule is CCC(=O)N1CCc2cc(C(=O)NNc3c(Cl)cc(Cl)cc3Cl)ccc21. The minimum atomic E-state index is -0.338. The lowest BCUT2D eigenvalue weighted by Gasteiger charge is -2.16. The van der Waals surface area contributed by atoms with E-state index in [1.807, 2.05) is 6.92 Å². The summed E-state index contributed by atoms with van der Waals surface area (Å²) >= 11 is 18.0. The summed E-state index contributed by atoms with van der Waals surface area (Å²) in [5.74, 6) is -0.259. The van der Waals surface area contributed by atoms with E-state index in [-0.39, 0.29) is 11.8 Å². The average Bonchev–Trinajstić information content (AvgIpc) is 3.03. The minimum absolute atomic E-state index is 0.0784. The lowest BCUT2D eigenvalue weighted by atomic mass is 10.1. The quantitative estimate of drug-likeness (QED) is 0.715. The van der Waals surface area contributed by atoms with Crippen LogP contribution in [0.2, 0.25) is 15.1 Å². The molecule has 26 heavy (non-hydrogen) atoms. The molecule has 2 aromatic rings. The Hall–Kier alpha value is -1.95. The molecule has 0 spiro atoms. The zero-order chi connectivity index (χ0) is 18.8. The van der Waals surface area contributed by atoms with Crippen molar-refractivity contribution < 1.29 is 9.59 Å². The summed E-state index contributed by atoms with van der Waals surface area (Å²) in [7, 11) is 0. The van der Waals surface area contributed by atoms with E-state index < -0.39 is 0 Å². The third-order valence-corrected chi connectivity index (χ3v) is 4.96. The van der Waals surface area contributed by atoms with E-state index >= 15 is 0 Å². The normalized spacial score (nSPS) is 12.7. The number of rotatable bonds is 4. The van der Waals surface area contributed by atoms with Crippen molar-refractivity contribution in [2.75, 3.05) is 16.9 Å². The molecule has 0 aromatic heterocycles. The fourth-order valence-electron chi connectivity index (χ4n) is 2.85. The molecular formula is C18H16Cl3N3O2. The Morgan fingerprint density at radius 3 is 2.46 bits per heavy atom. The summed E-state index contributed by atoms with van der Waals surface area (Å²) in [6, 6.07) is 8.33. The smallest absolute Gasteiger partial charge is 0.269 e. The molecule has 0 saturated carbocycles. The molecule has 1 aliphatic heterocycles. The lowest BCUT2D eigenvalue weighted by Crippen LogP contribution is -2.30. The molecule has 2 aromatic carbocycles. The second-order valence-electron chi connectivity index (χ2n) is 5.82. The molecular weight excluding hydrogens is 397 g/mol. The van der Waals surface area contributed by atoms with Gasteiger partial charge in [0, 0.05) is 29.2 Å². The van der Waals surface area contributed by atoms with Crippen molar-refractivity contribution >= 4 is 58.0 Å². The van der Waals surface area contributed by atoms with Crippen LogP contribution in [0, 0.1) is 0 Å². The molecule has 0 aliphatic carbocycles. The summed E-state index contributed by atoms with van der Waals surface area (Å²) < 4.78 is 0. The first kappa shape index (κ1) is 18.8. The first-order valence-electron chi connectivity index (χ1n) is 8.05. The Kier molecular flexibility index (Phi) is 5.61. The van der Waals surface area contributed by atoms with Crippen LogP contribution in [-0.2, 0) is 11.2 Å². The van der Waals surface area contributed by atoms with Gasteiger partial charge in [0.2, 0.25) is 5.91 Å². The summed E-state index contributed by atoms with van der Waals surface area (Å²) in [4.78, 5) is 26.1. The fraction of sp³-hybridized carbons (Fsp3) is 0.222. The van der Waals surface area contributed by atoms with Gasteiger partial charge >= 0.3 is 0 Å². The number of fused-ring (bicyclic) bond motifs is 1. The van der Waals surface area contributed by atoms with Gasteiger partial charge in [0.1, 0.15) is 0 Å². The van der Waals surface area contributed by atoms with Crippen LogP contribution in [0.5, 0.6) is 0 Å². The average molecular weight is 413 g/mol. The molecule has 1 heterocycles. The Bertz CT molecular complexity index is 863. The molecule has 0 radical (unpaired) electrons. The van der Waals surface area contributed by atoms with Crippen molar-refractivity contribution in [3.63, 3.8) is 0 Å². The van der Waals surface area contributed by atoms with E-state index in [2.05, 4.69) is 10.9 Å². The topological polar surface area (TPSA) is 61.4 Å². The first-order chi connectivity index (χ1) is 12.4. The van der Waals surface area contributed by atoms with Crippen LogP contribution >= 0.6 is 34.8 Å². The number of hydrazine groups is 1. The number of amides is 2. The molecule has 1 aliphatic rings. The monoisotopic (exact) mass is 411 g/mol. The van der Waals surface area contributed by atoms with Gasteiger partial charge in [-0.1, -0.05) is 41.7 Å². The van der Waals surface area contributed by atoms with Crippen LogP contribution in [-0.4, -0.2) is 18.4 Å². The van der Waals surface area contributed by atoms with Gasteiger partial charge in [-0.2, -0.15) is 0 Å². The van der Waals surface area contributed by atoms with E-state index in [4.69, 9.17) is 34.8 Å². The standard InChI is InChI=1S/C18H16Cl3N3O2/c1-2-16(25)24-6-5-10-7-11(3-4-15(10)24)18(26)23-22-17-13(20)8-12(19)9-14(17)21/h3-4,7-9,22H,2,5-6H2,1H3,(H,23,26). The van der Waals surface area contributed by atoms with Gasteiger partial charge in [-0.05, 0) is 42.3 Å². The second kappa shape index (κ2) is 7.74. The van der Waals surface area contributed by atoms with Crippen molar-refractivity contribution in [3.05, 3.63) is 56.5 Å². The number of benzene rings is 2. The predicted octanol–water partition coefficient (Wildman–Crippen LogP) is 4.70. The highest BCUT2D eigenvalue weighted by Gasteiger charge is 2.24. The van der Waals surface area contributed by atoms with Crippen LogP contribution in [0.25, 0.3) is 0 Å². The van der Waals surface area contributed by atoms with E-state index in [0.29, 0.717) is 39.3 Å². The zero-order valence-corrected chi connectivity index (χ0v) is 16.2. The zero-order valence-electron chi connectivity index (χ0n) is 13.9. The fourth-order valence-corrected chi connectivity index (χ4v) is 3.76. The number of carbonyl (C=O) groups excluding carboxylic acids is 2. The van der Waals surface area contributed by atoms with Crippen LogP contribution in [0.1, 0.15) is 29.3 Å². The Morgan fingerprint density at radius 1 is 1.12 bits per heavy atom. The molecule has 8 heteroatoms. The Balaban J connectivity index is 1.73. The number of hydrogen-bond donors (Lipinski definition) is 2. The van der Waals surface area contributed by atoms with Crippen molar-refractivity contribution in [1.29, 1.82) is 0 Å². The van der Waals surface area contributed by atoms with Gasteiger partial charge in [-0.15, -0.1) is 0 Å². The van der Waals surface area contributed by atoms with Crippen molar-refractivity contribution in [2.45, 2.75) is 19.8 Å². The number of nitrogens with zero attached hydrogens (tertiary/aromatic N) is 1. The number of halogens is 3. The van der Waals surface area contributed by atoms with E-state index in [1.54, 1.807) is 23.1 Å². The van der Waals surface area contributed by atoms with Gasteiger partial charge < -0.3 is 4.90 Å². The molecule has 2 N–H and O–H groups in total. The first-order valence-corrected chi connectivity index (χ1v) is 9.18.